The highest BCUT2D eigenvalue weighted by atomic mass is 15.3. The first-order valence-electron chi connectivity index (χ1n) is 7.48. The fourth-order valence-corrected chi connectivity index (χ4v) is 2.91. The number of hydrogen-bond donors (Lipinski definition) is 2. The Morgan fingerprint density at radius 3 is 2.06 bits per heavy atom. The SMILES string of the molecule is CC(C)(C)CCC(NN)C(C)(C)N1CCCCC1. The Balaban J connectivity index is 2.60. The molecule has 3 N–H and O–H groups in total. The smallest absolute Gasteiger partial charge is 0.0389 e. The molecule has 3 nitrogen and oxygen atoms in total. The third kappa shape index (κ3) is 4.52. The van der Waals surface area contributed by atoms with E-state index in [4.69, 9.17) is 5.84 Å². The van der Waals surface area contributed by atoms with E-state index in [0.29, 0.717) is 11.5 Å². The summed E-state index contributed by atoms with van der Waals surface area (Å²) in [7, 11) is 0. The highest BCUT2D eigenvalue weighted by molar-refractivity contribution is 4.94. The quantitative estimate of drug-likeness (QED) is 0.586. The van der Waals surface area contributed by atoms with Crippen molar-refractivity contribution in [3.05, 3.63) is 0 Å². The third-order valence-electron chi connectivity index (χ3n) is 4.41. The monoisotopic (exact) mass is 255 g/mol. The van der Waals surface area contributed by atoms with Crippen molar-refractivity contribution in [2.24, 2.45) is 11.3 Å². The zero-order valence-electron chi connectivity index (χ0n) is 13.1. The summed E-state index contributed by atoms with van der Waals surface area (Å²) in [6.07, 6.45) is 6.40. The van der Waals surface area contributed by atoms with Gasteiger partial charge in [-0.15, -0.1) is 0 Å². The molecule has 108 valence electrons. The van der Waals surface area contributed by atoms with Crippen molar-refractivity contribution >= 4 is 0 Å². The topological polar surface area (TPSA) is 41.3 Å². The normalized spacial score (nSPS) is 21.0. The lowest BCUT2D eigenvalue weighted by Crippen LogP contribution is -2.60. The largest absolute Gasteiger partial charge is 0.297 e. The van der Waals surface area contributed by atoms with Crippen molar-refractivity contribution < 1.29 is 0 Å². The second-order valence-electron chi connectivity index (χ2n) is 7.52. The van der Waals surface area contributed by atoms with Gasteiger partial charge < -0.3 is 0 Å². The van der Waals surface area contributed by atoms with E-state index in [2.05, 4.69) is 44.9 Å². The van der Waals surface area contributed by atoms with Gasteiger partial charge in [0, 0.05) is 11.6 Å². The van der Waals surface area contributed by atoms with Crippen molar-refractivity contribution in [1.82, 2.24) is 10.3 Å². The number of nitrogens with one attached hydrogen (secondary N) is 1. The first-order chi connectivity index (χ1) is 8.27. The van der Waals surface area contributed by atoms with E-state index in [1.165, 1.54) is 38.8 Å². The first-order valence-corrected chi connectivity index (χ1v) is 7.48. The average molecular weight is 255 g/mol. The van der Waals surface area contributed by atoms with Gasteiger partial charge in [-0.2, -0.15) is 0 Å². The van der Waals surface area contributed by atoms with E-state index >= 15 is 0 Å². The Kier molecular flexibility index (Phi) is 5.63. The summed E-state index contributed by atoms with van der Waals surface area (Å²) in [6.45, 7) is 14.0. The molecule has 0 amide bonds. The fourth-order valence-electron chi connectivity index (χ4n) is 2.91. The lowest BCUT2D eigenvalue weighted by Gasteiger charge is -2.46. The number of piperidine rings is 1. The molecule has 1 unspecified atom stereocenters. The van der Waals surface area contributed by atoms with E-state index in [0.717, 1.165) is 6.42 Å². The second-order valence-corrected chi connectivity index (χ2v) is 7.52. The molecule has 1 aliphatic heterocycles. The molecule has 0 spiro atoms. The van der Waals surface area contributed by atoms with Gasteiger partial charge >= 0.3 is 0 Å². The van der Waals surface area contributed by atoms with Crippen molar-refractivity contribution in [3.63, 3.8) is 0 Å². The van der Waals surface area contributed by atoms with Gasteiger partial charge in [0.25, 0.3) is 0 Å². The van der Waals surface area contributed by atoms with Crippen LogP contribution < -0.4 is 11.3 Å². The minimum absolute atomic E-state index is 0.153. The van der Waals surface area contributed by atoms with E-state index in [-0.39, 0.29) is 5.54 Å². The standard InChI is InChI=1S/C15H33N3/c1-14(2,3)10-9-13(17-16)15(4,5)18-11-7-6-8-12-18/h13,17H,6-12,16H2,1-5H3. The van der Waals surface area contributed by atoms with E-state index < -0.39 is 0 Å². The molecule has 0 aliphatic carbocycles. The Hall–Kier alpha value is -0.120. The van der Waals surface area contributed by atoms with Crippen LogP contribution in [0.1, 0.15) is 66.7 Å². The molecule has 3 heteroatoms. The number of rotatable bonds is 5. The predicted octanol–water partition coefficient (Wildman–Crippen LogP) is 2.91. The van der Waals surface area contributed by atoms with Gasteiger partial charge in [0.05, 0.1) is 0 Å². The third-order valence-corrected chi connectivity index (χ3v) is 4.41. The fraction of sp³-hybridized carbons (Fsp3) is 1.00. The zero-order valence-corrected chi connectivity index (χ0v) is 13.1. The number of hydrogen-bond acceptors (Lipinski definition) is 3. The molecule has 0 aromatic heterocycles. The summed E-state index contributed by atoms with van der Waals surface area (Å²) in [5.74, 6) is 5.82. The summed E-state index contributed by atoms with van der Waals surface area (Å²) in [6, 6.07) is 0.370. The van der Waals surface area contributed by atoms with Gasteiger partial charge in [0.15, 0.2) is 0 Å². The van der Waals surface area contributed by atoms with Crippen molar-refractivity contribution in [1.29, 1.82) is 0 Å². The number of hydrazine groups is 1. The van der Waals surface area contributed by atoms with Crippen LogP contribution in [-0.2, 0) is 0 Å². The molecule has 0 saturated carbocycles. The van der Waals surface area contributed by atoms with Crippen LogP contribution in [0.2, 0.25) is 0 Å². The van der Waals surface area contributed by atoms with Gasteiger partial charge in [0.2, 0.25) is 0 Å². The van der Waals surface area contributed by atoms with Gasteiger partial charge in [-0.3, -0.25) is 16.2 Å². The maximum Gasteiger partial charge on any atom is 0.0389 e. The molecular weight excluding hydrogens is 222 g/mol. The van der Waals surface area contributed by atoms with Crippen LogP contribution >= 0.6 is 0 Å². The number of likely N-dealkylation sites (tertiary alicyclic amines) is 1. The average Bonchev–Trinajstić information content (AvgIpc) is 2.29. The van der Waals surface area contributed by atoms with Crippen LogP contribution in [0.4, 0.5) is 0 Å². The summed E-state index contributed by atoms with van der Waals surface area (Å²) < 4.78 is 0. The minimum Gasteiger partial charge on any atom is -0.297 e. The first kappa shape index (κ1) is 15.9. The molecule has 1 fully saturated rings. The van der Waals surface area contributed by atoms with Crippen LogP contribution in [0.25, 0.3) is 0 Å². The van der Waals surface area contributed by atoms with Crippen LogP contribution in [0.3, 0.4) is 0 Å². The van der Waals surface area contributed by atoms with Gasteiger partial charge in [-0.05, 0) is 58.0 Å². The van der Waals surface area contributed by atoms with Crippen LogP contribution in [0.5, 0.6) is 0 Å². The summed E-state index contributed by atoms with van der Waals surface area (Å²) in [5.41, 5.74) is 3.61. The molecule has 1 heterocycles. The molecule has 1 rings (SSSR count). The molecule has 0 radical (unpaired) electrons. The molecule has 18 heavy (non-hydrogen) atoms. The lowest BCUT2D eigenvalue weighted by atomic mass is 9.82. The van der Waals surface area contributed by atoms with Crippen molar-refractivity contribution in [2.75, 3.05) is 13.1 Å². The highest BCUT2D eigenvalue weighted by Gasteiger charge is 2.35. The number of nitrogens with two attached hydrogens (primary N) is 1. The predicted molar refractivity (Wildman–Crippen MR) is 79.3 cm³/mol. The summed E-state index contributed by atoms with van der Waals surface area (Å²) in [5, 5.41) is 0. The van der Waals surface area contributed by atoms with Crippen LogP contribution in [-0.4, -0.2) is 29.6 Å². The minimum atomic E-state index is 0.153. The Labute approximate surface area is 113 Å². The lowest BCUT2D eigenvalue weighted by molar-refractivity contribution is 0.0544. The van der Waals surface area contributed by atoms with Gasteiger partial charge in [-0.25, -0.2) is 0 Å². The molecule has 0 aromatic rings. The van der Waals surface area contributed by atoms with Crippen LogP contribution in [0, 0.1) is 5.41 Å². The van der Waals surface area contributed by atoms with Gasteiger partial charge in [0.1, 0.15) is 0 Å². The Morgan fingerprint density at radius 1 is 1.06 bits per heavy atom. The maximum absolute atomic E-state index is 5.82. The van der Waals surface area contributed by atoms with Crippen molar-refractivity contribution in [3.8, 4) is 0 Å². The van der Waals surface area contributed by atoms with Gasteiger partial charge in [-0.1, -0.05) is 27.2 Å². The Bertz CT molecular complexity index is 237. The number of nitrogens with zero attached hydrogens (tertiary/aromatic N) is 1. The molecule has 1 saturated heterocycles. The van der Waals surface area contributed by atoms with E-state index in [9.17, 15) is 0 Å². The molecule has 1 atom stereocenters. The molecular formula is C15H33N3. The summed E-state index contributed by atoms with van der Waals surface area (Å²) in [4.78, 5) is 2.61. The van der Waals surface area contributed by atoms with E-state index in [1.807, 2.05) is 0 Å². The highest BCUT2D eigenvalue weighted by Crippen LogP contribution is 2.29. The van der Waals surface area contributed by atoms with Crippen molar-refractivity contribution in [2.45, 2.75) is 78.3 Å². The summed E-state index contributed by atoms with van der Waals surface area (Å²) >= 11 is 0. The molecule has 0 bridgehead atoms. The Morgan fingerprint density at radius 2 is 1.61 bits per heavy atom. The van der Waals surface area contributed by atoms with Crippen LogP contribution in [0.15, 0.2) is 0 Å². The van der Waals surface area contributed by atoms with E-state index in [1.54, 1.807) is 0 Å². The molecule has 1 aliphatic rings. The second kappa shape index (κ2) is 6.36. The zero-order chi connectivity index (χ0) is 13.8. The molecule has 0 aromatic carbocycles. The maximum atomic E-state index is 5.82.